The number of halogens is 4. The van der Waals surface area contributed by atoms with Crippen molar-refractivity contribution >= 4 is 5.69 Å². The maximum atomic E-state index is 13.6. The summed E-state index contributed by atoms with van der Waals surface area (Å²) in [5.41, 5.74) is 0.613. The van der Waals surface area contributed by atoms with E-state index in [1.807, 2.05) is 0 Å². The predicted octanol–water partition coefficient (Wildman–Crippen LogP) is 3.27. The molecule has 2 rings (SSSR count). The largest absolute Gasteiger partial charge is 0.494 e. The van der Waals surface area contributed by atoms with Crippen molar-refractivity contribution in [3.63, 3.8) is 0 Å². The van der Waals surface area contributed by atoms with Gasteiger partial charge >= 0.3 is 6.18 Å². The molecule has 0 aliphatic carbocycles. The number of benzene rings is 1. The Morgan fingerprint density at radius 3 is 2.48 bits per heavy atom. The van der Waals surface area contributed by atoms with Crippen molar-refractivity contribution in [2.24, 2.45) is 0 Å². The van der Waals surface area contributed by atoms with Crippen molar-refractivity contribution in [2.75, 3.05) is 32.1 Å². The summed E-state index contributed by atoms with van der Waals surface area (Å²) in [7, 11) is 1.39. The first-order valence-electron chi connectivity index (χ1n) is 6.76. The van der Waals surface area contributed by atoms with E-state index < -0.39 is 18.5 Å². The minimum atomic E-state index is -4.15. The molecule has 0 bridgehead atoms. The molecule has 118 valence electrons. The van der Waals surface area contributed by atoms with Gasteiger partial charge in [-0.2, -0.15) is 13.2 Å². The molecule has 0 saturated carbocycles. The zero-order valence-corrected chi connectivity index (χ0v) is 11.7. The van der Waals surface area contributed by atoms with Gasteiger partial charge in [0.2, 0.25) is 0 Å². The van der Waals surface area contributed by atoms with Crippen LogP contribution in [0.4, 0.5) is 23.2 Å². The number of hydrogen-bond donors (Lipinski definition) is 1. The van der Waals surface area contributed by atoms with E-state index in [2.05, 4.69) is 5.32 Å². The van der Waals surface area contributed by atoms with Crippen LogP contribution in [0.5, 0.6) is 5.75 Å². The van der Waals surface area contributed by atoms with Crippen LogP contribution in [-0.2, 0) is 0 Å². The van der Waals surface area contributed by atoms with Crippen molar-refractivity contribution in [3.8, 4) is 5.75 Å². The predicted molar refractivity (Wildman–Crippen MR) is 72.1 cm³/mol. The van der Waals surface area contributed by atoms with Crippen LogP contribution in [0.2, 0.25) is 0 Å². The van der Waals surface area contributed by atoms with Crippen molar-refractivity contribution < 1.29 is 22.3 Å². The highest BCUT2D eigenvalue weighted by Gasteiger charge is 2.32. The standard InChI is InChI=1S/C14H18F4N2O/c1-21-13-3-2-11(8-12(13)15)19-10-4-6-20(7-5-10)9-14(16,17)18/h2-3,8,10,19H,4-7,9H2,1H3. The molecule has 1 saturated heterocycles. The molecule has 0 spiro atoms. The van der Waals surface area contributed by atoms with E-state index in [1.54, 1.807) is 6.07 Å². The minimum absolute atomic E-state index is 0.0577. The number of methoxy groups -OCH3 is 1. The normalized spacial score (nSPS) is 17.8. The Morgan fingerprint density at radius 2 is 1.95 bits per heavy atom. The molecule has 0 radical (unpaired) electrons. The summed E-state index contributed by atoms with van der Waals surface area (Å²) in [6.45, 7) is -0.0947. The molecule has 0 atom stereocenters. The molecule has 1 N–H and O–H groups in total. The lowest BCUT2D eigenvalue weighted by molar-refractivity contribution is -0.147. The van der Waals surface area contributed by atoms with E-state index >= 15 is 0 Å². The molecule has 1 heterocycles. The summed E-state index contributed by atoms with van der Waals surface area (Å²) >= 11 is 0. The maximum absolute atomic E-state index is 13.6. The quantitative estimate of drug-likeness (QED) is 0.864. The van der Waals surface area contributed by atoms with Gasteiger partial charge in [-0.05, 0) is 25.0 Å². The summed E-state index contributed by atoms with van der Waals surface area (Å²) in [5.74, 6) is -0.294. The second-order valence-corrected chi connectivity index (χ2v) is 5.16. The van der Waals surface area contributed by atoms with E-state index in [1.165, 1.54) is 24.1 Å². The van der Waals surface area contributed by atoms with Gasteiger partial charge in [-0.3, -0.25) is 4.90 Å². The fourth-order valence-electron chi connectivity index (χ4n) is 2.48. The third-order valence-corrected chi connectivity index (χ3v) is 3.51. The zero-order chi connectivity index (χ0) is 15.5. The summed E-state index contributed by atoms with van der Waals surface area (Å²) in [5, 5.41) is 3.15. The van der Waals surface area contributed by atoms with Gasteiger partial charge in [-0.25, -0.2) is 4.39 Å². The average Bonchev–Trinajstić information content (AvgIpc) is 2.40. The third kappa shape index (κ3) is 4.77. The van der Waals surface area contributed by atoms with Gasteiger partial charge in [-0.1, -0.05) is 0 Å². The Labute approximate surface area is 120 Å². The van der Waals surface area contributed by atoms with Crippen molar-refractivity contribution in [2.45, 2.75) is 25.1 Å². The first-order valence-corrected chi connectivity index (χ1v) is 6.76. The van der Waals surface area contributed by atoms with Crippen molar-refractivity contribution in [1.29, 1.82) is 0 Å². The molecular formula is C14H18F4N2O. The van der Waals surface area contributed by atoms with Crippen LogP contribution in [0, 0.1) is 5.82 Å². The Kier molecular flexibility index (Phi) is 4.92. The zero-order valence-electron chi connectivity index (χ0n) is 11.7. The van der Waals surface area contributed by atoms with Crippen molar-refractivity contribution in [3.05, 3.63) is 24.0 Å². The van der Waals surface area contributed by atoms with Crippen LogP contribution in [0.3, 0.4) is 0 Å². The van der Waals surface area contributed by atoms with E-state index in [-0.39, 0.29) is 11.8 Å². The summed E-state index contributed by atoms with van der Waals surface area (Å²) in [6, 6.07) is 4.61. The lowest BCUT2D eigenvalue weighted by atomic mass is 10.0. The molecule has 1 aromatic carbocycles. The maximum Gasteiger partial charge on any atom is 0.401 e. The topological polar surface area (TPSA) is 24.5 Å². The summed E-state index contributed by atoms with van der Waals surface area (Å²) in [4.78, 5) is 1.40. The fourth-order valence-corrected chi connectivity index (χ4v) is 2.48. The Hall–Kier alpha value is -1.50. The molecule has 21 heavy (non-hydrogen) atoms. The van der Waals surface area contributed by atoms with Gasteiger partial charge in [-0.15, -0.1) is 0 Å². The number of likely N-dealkylation sites (tertiary alicyclic amines) is 1. The van der Waals surface area contributed by atoms with Gasteiger partial charge in [0, 0.05) is 30.9 Å². The Bertz CT molecular complexity index is 471. The monoisotopic (exact) mass is 306 g/mol. The Morgan fingerprint density at radius 1 is 1.29 bits per heavy atom. The van der Waals surface area contributed by atoms with Gasteiger partial charge < -0.3 is 10.1 Å². The van der Waals surface area contributed by atoms with Gasteiger partial charge in [0.15, 0.2) is 11.6 Å². The number of anilines is 1. The fraction of sp³-hybridized carbons (Fsp3) is 0.571. The minimum Gasteiger partial charge on any atom is -0.494 e. The highest BCUT2D eigenvalue weighted by molar-refractivity contribution is 5.48. The van der Waals surface area contributed by atoms with Crippen LogP contribution in [0.25, 0.3) is 0 Å². The molecule has 0 unspecified atom stereocenters. The molecule has 0 amide bonds. The number of alkyl halides is 3. The number of hydrogen-bond acceptors (Lipinski definition) is 3. The molecule has 3 nitrogen and oxygen atoms in total. The van der Waals surface area contributed by atoms with Crippen LogP contribution >= 0.6 is 0 Å². The smallest absolute Gasteiger partial charge is 0.401 e. The Balaban J connectivity index is 1.85. The van der Waals surface area contributed by atoms with E-state index in [0.29, 0.717) is 31.6 Å². The van der Waals surface area contributed by atoms with Crippen LogP contribution in [0.1, 0.15) is 12.8 Å². The molecule has 7 heteroatoms. The highest BCUT2D eigenvalue weighted by Crippen LogP contribution is 2.24. The second-order valence-electron chi connectivity index (χ2n) is 5.16. The van der Waals surface area contributed by atoms with Gasteiger partial charge in [0.05, 0.1) is 13.7 Å². The van der Waals surface area contributed by atoms with Gasteiger partial charge in [0.25, 0.3) is 0 Å². The number of piperidine rings is 1. The third-order valence-electron chi connectivity index (χ3n) is 3.51. The first-order chi connectivity index (χ1) is 9.87. The summed E-state index contributed by atoms with van der Waals surface area (Å²) < 4.78 is 55.3. The average molecular weight is 306 g/mol. The molecule has 1 aliphatic rings. The van der Waals surface area contributed by atoms with E-state index in [4.69, 9.17) is 4.74 Å². The molecule has 1 aliphatic heterocycles. The number of ether oxygens (including phenoxy) is 1. The number of nitrogens with one attached hydrogen (secondary N) is 1. The van der Waals surface area contributed by atoms with E-state index in [9.17, 15) is 17.6 Å². The molecule has 1 aromatic rings. The molecule has 1 fully saturated rings. The van der Waals surface area contributed by atoms with E-state index in [0.717, 1.165) is 0 Å². The lowest BCUT2D eigenvalue weighted by Crippen LogP contribution is -2.43. The first kappa shape index (κ1) is 15.9. The number of rotatable bonds is 4. The van der Waals surface area contributed by atoms with Crippen LogP contribution in [-0.4, -0.2) is 43.9 Å². The number of nitrogens with zero attached hydrogens (tertiary/aromatic N) is 1. The van der Waals surface area contributed by atoms with Gasteiger partial charge in [0.1, 0.15) is 0 Å². The van der Waals surface area contributed by atoms with Crippen molar-refractivity contribution in [1.82, 2.24) is 4.90 Å². The molecular weight excluding hydrogens is 288 g/mol. The highest BCUT2D eigenvalue weighted by atomic mass is 19.4. The SMILES string of the molecule is COc1ccc(NC2CCN(CC(F)(F)F)CC2)cc1F. The lowest BCUT2D eigenvalue weighted by Gasteiger charge is -2.33. The van der Waals surface area contributed by atoms with Crippen LogP contribution < -0.4 is 10.1 Å². The second kappa shape index (κ2) is 6.51. The molecule has 0 aromatic heterocycles. The van der Waals surface area contributed by atoms with Crippen LogP contribution in [0.15, 0.2) is 18.2 Å². The summed E-state index contributed by atoms with van der Waals surface area (Å²) in [6.07, 6.45) is -2.95.